The molecule has 0 aromatic rings. The summed E-state index contributed by atoms with van der Waals surface area (Å²) in [5.74, 6) is -1.08. The van der Waals surface area contributed by atoms with Crippen molar-refractivity contribution in [2.75, 3.05) is 13.2 Å². The summed E-state index contributed by atoms with van der Waals surface area (Å²) < 4.78 is 26.0. The molecule has 0 aromatic carbocycles. The first-order chi connectivity index (χ1) is 22.7. The highest BCUT2D eigenvalue weighted by molar-refractivity contribution is 7.46. The summed E-state index contributed by atoms with van der Waals surface area (Å²) >= 11 is 0. The molecular formula is C37H61O9P. The van der Waals surface area contributed by atoms with Gasteiger partial charge in [-0.2, -0.15) is 0 Å². The molecule has 1 unspecified atom stereocenters. The Hall–Kier alpha value is -2.55. The quantitative estimate of drug-likeness (QED) is 0.0223. The number of ether oxygens (including phenoxy) is 2. The number of phosphoric acid groups is 1. The van der Waals surface area contributed by atoms with Crippen molar-refractivity contribution in [1.82, 2.24) is 0 Å². The Labute approximate surface area is 283 Å². The maximum atomic E-state index is 12.3. The molecule has 268 valence electrons. The van der Waals surface area contributed by atoms with Crippen LogP contribution < -0.4 is 0 Å². The average Bonchev–Trinajstić information content (AvgIpc) is 3.03. The minimum Gasteiger partial charge on any atom is -0.462 e. The first-order valence-electron chi connectivity index (χ1n) is 17.3. The van der Waals surface area contributed by atoms with Crippen molar-refractivity contribution >= 4 is 19.8 Å². The van der Waals surface area contributed by atoms with Gasteiger partial charge in [0.15, 0.2) is 6.10 Å². The summed E-state index contributed by atoms with van der Waals surface area (Å²) in [7, 11) is -4.79. The number of rotatable bonds is 30. The Morgan fingerprint density at radius 3 is 1.89 bits per heavy atom. The summed E-state index contributed by atoms with van der Waals surface area (Å²) in [4.78, 5) is 42.5. The van der Waals surface area contributed by atoms with Crippen LogP contribution in [0.4, 0.5) is 0 Å². The minimum atomic E-state index is -4.79. The lowest BCUT2D eigenvalue weighted by Crippen LogP contribution is -2.29. The van der Waals surface area contributed by atoms with Crippen molar-refractivity contribution in [2.24, 2.45) is 0 Å². The normalized spacial score (nSPS) is 14.1. The molecule has 9 nitrogen and oxygen atoms in total. The average molecular weight is 681 g/mol. The van der Waals surface area contributed by atoms with Gasteiger partial charge in [-0.05, 0) is 44.9 Å². The molecule has 0 radical (unpaired) electrons. The molecule has 3 N–H and O–H groups in total. The van der Waals surface area contributed by atoms with Gasteiger partial charge >= 0.3 is 19.8 Å². The van der Waals surface area contributed by atoms with Gasteiger partial charge in [0.25, 0.3) is 0 Å². The molecule has 0 spiro atoms. The van der Waals surface area contributed by atoms with Crippen molar-refractivity contribution in [3.63, 3.8) is 0 Å². The molecule has 0 saturated carbocycles. The molecule has 0 fully saturated rings. The second-order valence-corrected chi connectivity index (χ2v) is 12.6. The van der Waals surface area contributed by atoms with Crippen LogP contribution in [0.3, 0.4) is 0 Å². The van der Waals surface area contributed by atoms with Crippen molar-refractivity contribution < 1.29 is 43.0 Å². The Kier molecular flexibility index (Phi) is 30.3. The van der Waals surface area contributed by atoms with Crippen LogP contribution in [0, 0.1) is 0 Å². The highest BCUT2D eigenvalue weighted by atomic mass is 31.2. The van der Waals surface area contributed by atoms with Crippen LogP contribution in [0.1, 0.15) is 123 Å². The third kappa shape index (κ3) is 34.6. The van der Waals surface area contributed by atoms with Gasteiger partial charge in [0.05, 0.1) is 12.7 Å². The van der Waals surface area contributed by atoms with Gasteiger partial charge < -0.3 is 24.4 Å². The fourth-order valence-electron chi connectivity index (χ4n) is 4.25. The third-order valence-corrected chi connectivity index (χ3v) is 7.32. The highest BCUT2D eigenvalue weighted by Crippen LogP contribution is 2.35. The van der Waals surface area contributed by atoms with Crippen LogP contribution in [-0.4, -0.2) is 52.3 Å². The van der Waals surface area contributed by atoms with Gasteiger partial charge in [-0.15, -0.1) is 0 Å². The van der Waals surface area contributed by atoms with E-state index in [1.807, 2.05) is 12.2 Å². The van der Waals surface area contributed by atoms with Gasteiger partial charge in [0.2, 0.25) is 0 Å². The van der Waals surface area contributed by atoms with Crippen molar-refractivity contribution in [3.8, 4) is 0 Å². The van der Waals surface area contributed by atoms with E-state index in [-0.39, 0.29) is 19.4 Å². The van der Waals surface area contributed by atoms with E-state index >= 15 is 0 Å². The molecule has 0 aliphatic rings. The Bertz CT molecular complexity index is 1010. The molecule has 0 bridgehead atoms. The first-order valence-corrected chi connectivity index (χ1v) is 18.9. The third-order valence-electron chi connectivity index (χ3n) is 6.83. The van der Waals surface area contributed by atoms with Crippen LogP contribution in [-0.2, 0) is 28.2 Å². The number of hydrogen-bond donors (Lipinski definition) is 3. The van der Waals surface area contributed by atoms with Crippen molar-refractivity contribution in [2.45, 2.75) is 135 Å². The number of phosphoric ester groups is 1. The summed E-state index contributed by atoms with van der Waals surface area (Å²) in [5.41, 5.74) is 0. The van der Waals surface area contributed by atoms with Crippen LogP contribution in [0.15, 0.2) is 72.9 Å². The van der Waals surface area contributed by atoms with E-state index in [0.29, 0.717) is 19.3 Å². The van der Waals surface area contributed by atoms with E-state index in [4.69, 9.17) is 19.3 Å². The second-order valence-electron chi connectivity index (χ2n) is 11.3. The molecule has 2 atom stereocenters. The predicted molar refractivity (Wildman–Crippen MR) is 190 cm³/mol. The fourth-order valence-corrected chi connectivity index (χ4v) is 4.61. The van der Waals surface area contributed by atoms with Crippen molar-refractivity contribution in [3.05, 3.63) is 72.9 Å². The zero-order valence-electron chi connectivity index (χ0n) is 28.8. The largest absolute Gasteiger partial charge is 0.469 e. The number of aliphatic hydroxyl groups is 1. The number of allylic oxidation sites excluding steroid dienone is 10. The SMILES string of the molecule is CC/C=C\C/C=C\C/C=C\C/C=C\C=C/C(O)C/C=C\CCC(=O)OC[C@H](COP(=O)(O)O)OC(=O)CCCCCCCCCCC. The van der Waals surface area contributed by atoms with Crippen LogP contribution in [0.5, 0.6) is 0 Å². The van der Waals surface area contributed by atoms with Gasteiger partial charge in [0.1, 0.15) is 6.61 Å². The van der Waals surface area contributed by atoms with E-state index in [1.54, 1.807) is 24.3 Å². The van der Waals surface area contributed by atoms with E-state index < -0.39 is 38.6 Å². The number of unbranched alkanes of at least 4 members (excludes halogenated alkanes) is 8. The molecule has 0 aliphatic heterocycles. The maximum absolute atomic E-state index is 12.3. The second kappa shape index (κ2) is 32.0. The molecule has 0 heterocycles. The first kappa shape index (κ1) is 44.5. The molecule has 47 heavy (non-hydrogen) atoms. The number of carbonyl (C=O) groups excluding carboxylic acids is 2. The molecule has 10 heteroatoms. The van der Waals surface area contributed by atoms with Gasteiger partial charge in [-0.3, -0.25) is 14.1 Å². The summed E-state index contributed by atoms with van der Waals surface area (Å²) in [6.07, 6.45) is 36.7. The lowest BCUT2D eigenvalue weighted by molar-refractivity contribution is -0.161. The van der Waals surface area contributed by atoms with Crippen LogP contribution in [0.2, 0.25) is 0 Å². The lowest BCUT2D eigenvalue weighted by Gasteiger charge is -2.18. The van der Waals surface area contributed by atoms with E-state index in [1.165, 1.54) is 32.1 Å². The topological polar surface area (TPSA) is 140 Å². The number of hydrogen-bond acceptors (Lipinski definition) is 7. The smallest absolute Gasteiger partial charge is 0.462 e. The monoisotopic (exact) mass is 680 g/mol. The Morgan fingerprint density at radius 2 is 1.28 bits per heavy atom. The number of esters is 2. The molecule has 0 aliphatic carbocycles. The van der Waals surface area contributed by atoms with E-state index in [0.717, 1.165) is 44.9 Å². The summed E-state index contributed by atoms with van der Waals surface area (Å²) in [6, 6.07) is 0. The van der Waals surface area contributed by atoms with Crippen LogP contribution in [0.25, 0.3) is 0 Å². The maximum Gasteiger partial charge on any atom is 0.469 e. The fraction of sp³-hybridized carbons (Fsp3) is 0.622. The lowest BCUT2D eigenvalue weighted by atomic mass is 10.1. The zero-order chi connectivity index (χ0) is 34.9. The minimum absolute atomic E-state index is 0.0584. The number of carbonyl (C=O) groups is 2. The number of aliphatic hydroxyl groups excluding tert-OH is 1. The van der Waals surface area contributed by atoms with Crippen molar-refractivity contribution in [1.29, 1.82) is 0 Å². The van der Waals surface area contributed by atoms with Gasteiger partial charge in [0, 0.05) is 12.8 Å². The van der Waals surface area contributed by atoms with Gasteiger partial charge in [-0.25, -0.2) is 4.57 Å². The summed E-state index contributed by atoms with van der Waals surface area (Å²) in [6.45, 7) is 3.35. The molecule has 0 aromatic heterocycles. The van der Waals surface area contributed by atoms with E-state index in [2.05, 4.69) is 54.8 Å². The summed E-state index contributed by atoms with van der Waals surface area (Å²) in [5, 5.41) is 10.1. The Balaban J connectivity index is 4.25. The molecular weight excluding hydrogens is 619 g/mol. The highest BCUT2D eigenvalue weighted by Gasteiger charge is 2.22. The Morgan fingerprint density at radius 1 is 0.681 bits per heavy atom. The predicted octanol–water partition coefficient (Wildman–Crippen LogP) is 8.92. The van der Waals surface area contributed by atoms with Gasteiger partial charge in [-0.1, -0.05) is 138 Å². The molecule has 0 rings (SSSR count). The molecule has 0 amide bonds. The van der Waals surface area contributed by atoms with Crippen LogP contribution >= 0.6 is 7.82 Å². The molecule has 0 saturated heterocycles. The standard InChI is InChI=1S/C37H61O9P/c1-3-5-7-9-11-13-14-15-16-18-19-21-24-28-34(38)29-25-23-27-30-36(39)44-32-35(33-45-47(41,42)43)46-37(40)31-26-22-20-17-12-10-8-6-4-2/h5,7,11,13,15-16,19,21,23-25,28,34-35,38H,3-4,6,8-10,12,14,17-18,20,22,26-27,29-33H2,1-2H3,(H2,41,42,43)/b7-5-,13-11-,16-15-,21-19-,25-23-,28-24-/t34?,35-/m1/s1. The van der Waals surface area contributed by atoms with E-state index in [9.17, 15) is 19.3 Å². The zero-order valence-corrected chi connectivity index (χ0v) is 29.7.